The van der Waals surface area contributed by atoms with E-state index in [1.54, 1.807) is 19.9 Å². The summed E-state index contributed by atoms with van der Waals surface area (Å²) in [4.78, 5) is 26.7. The zero-order valence-corrected chi connectivity index (χ0v) is 15.8. The number of carbonyl (C=O) groups excluding carboxylic acids is 2. The minimum atomic E-state index is -3.03. The second-order valence-corrected chi connectivity index (χ2v) is 6.52. The summed E-state index contributed by atoms with van der Waals surface area (Å²) in [7, 11) is 0. The minimum absolute atomic E-state index is 0.107. The molecule has 1 heterocycles. The van der Waals surface area contributed by atoms with Crippen LogP contribution in [-0.2, 0) is 9.53 Å². The molecule has 0 aromatic heterocycles. The highest BCUT2D eigenvalue weighted by Crippen LogP contribution is 2.36. The lowest BCUT2D eigenvalue weighted by Crippen LogP contribution is -2.49. The third-order valence-corrected chi connectivity index (χ3v) is 4.09. The molecule has 0 bridgehead atoms. The summed E-state index contributed by atoms with van der Waals surface area (Å²) >= 11 is 0. The lowest BCUT2D eigenvalue weighted by Gasteiger charge is -2.36. The molecule has 6 nitrogen and oxygen atoms in total. The van der Waals surface area contributed by atoms with Gasteiger partial charge in [-0.3, -0.25) is 4.90 Å². The number of benzene rings is 1. The molecule has 0 spiro atoms. The number of rotatable bonds is 7. The van der Waals surface area contributed by atoms with Crippen molar-refractivity contribution in [3.63, 3.8) is 0 Å². The SMILES string of the molecule is CCOC(=O)C1=C(C)N(CC(C)C)C(=O)N[C@H]1c1ccccc1OC(F)F. The number of urea groups is 1. The average molecular weight is 382 g/mol. The average Bonchev–Trinajstić information content (AvgIpc) is 2.58. The van der Waals surface area contributed by atoms with Gasteiger partial charge < -0.3 is 14.8 Å². The zero-order valence-electron chi connectivity index (χ0n) is 15.8. The molecule has 1 aromatic rings. The summed E-state index contributed by atoms with van der Waals surface area (Å²) in [6.07, 6.45) is 0. The third-order valence-electron chi connectivity index (χ3n) is 4.09. The second-order valence-electron chi connectivity index (χ2n) is 6.52. The second kappa shape index (κ2) is 8.83. The van der Waals surface area contributed by atoms with Gasteiger partial charge in [-0.1, -0.05) is 32.0 Å². The molecule has 0 aliphatic carbocycles. The Balaban J connectivity index is 2.56. The van der Waals surface area contributed by atoms with Gasteiger partial charge in [-0.2, -0.15) is 8.78 Å². The monoisotopic (exact) mass is 382 g/mol. The van der Waals surface area contributed by atoms with Crippen molar-refractivity contribution < 1.29 is 27.8 Å². The number of nitrogens with one attached hydrogen (secondary N) is 1. The number of amides is 2. The Hall–Kier alpha value is -2.64. The highest BCUT2D eigenvalue weighted by Gasteiger charge is 2.38. The van der Waals surface area contributed by atoms with Crippen LogP contribution in [0, 0.1) is 5.92 Å². The fourth-order valence-corrected chi connectivity index (χ4v) is 3.00. The van der Waals surface area contributed by atoms with Crippen molar-refractivity contribution in [2.24, 2.45) is 5.92 Å². The summed E-state index contributed by atoms with van der Waals surface area (Å²) < 4.78 is 35.3. The van der Waals surface area contributed by atoms with E-state index in [1.165, 1.54) is 23.1 Å². The molecule has 1 N–H and O–H groups in total. The van der Waals surface area contributed by atoms with E-state index in [0.717, 1.165) is 0 Å². The number of alkyl halides is 2. The van der Waals surface area contributed by atoms with Gasteiger partial charge in [0.2, 0.25) is 0 Å². The van der Waals surface area contributed by atoms with E-state index in [0.29, 0.717) is 12.2 Å². The maximum atomic E-state index is 12.8. The van der Waals surface area contributed by atoms with Crippen molar-refractivity contribution in [3.05, 3.63) is 41.1 Å². The standard InChI is InChI=1S/C19H24F2N2O4/c1-5-26-17(24)15-12(4)23(10-11(2)3)19(25)22-16(15)13-8-6-7-9-14(13)27-18(20)21/h6-9,11,16,18H,5,10H2,1-4H3,(H,22,25)/t16-/m0/s1. The van der Waals surface area contributed by atoms with Crippen LogP contribution < -0.4 is 10.1 Å². The lowest BCUT2D eigenvalue weighted by molar-refractivity contribution is -0.139. The first-order valence-electron chi connectivity index (χ1n) is 8.75. The van der Waals surface area contributed by atoms with E-state index in [2.05, 4.69) is 10.1 Å². The smallest absolute Gasteiger partial charge is 0.387 e. The van der Waals surface area contributed by atoms with Crippen molar-refractivity contribution in [1.29, 1.82) is 0 Å². The Morgan fingerprint density at radius 3 is 2.56 bits per heavy atom. The molecular weight excluding hydrogens is 358 g/mol. The molecule has 2 rings (SSSR count). The minimum Gasteiger partial charge on any atom is -0.463 e. The summed E-state index contributed by atoms with van der Waals surface area (Å²) in [5, 5.41) is 2.72. The van der Waals surface area contributed by atoms with Crippen molar-refractivity contribution in [3.8, 4) is 5.75 Å². The Kier molecular flexibility index (Phi) is 6.76. The molecule has 1 aliphatic rings. The highest BCUT2D eigenvalue weighted by molar-refractivity contribution is 5.95. The maximum Gasteiger partial charge on any atom is 0.387 e. The normalized spacial score (nSPS) is 17.4. The van der Waals surface area contributed by atoms with Crippen LogP contribution in [-0.4, -0.2) is 36.7 Å². The van der Waals surface area contributed by atoms with Crippen LogP contribution in [0.1, 0.15) is 39.3 Å². The van der Waals surface area contributed by atoms with Crippen LogP contribution >= 0.6 is 0 Å². The van der Waals surface area contributed by atoms with Crippen LogP contribution in [0.25, 0.3) is 0 Å². The van der Waals surface area contributed by atoms with Crippen LogP contribution in [0.3, 0.4) is 0 Å². The number of allylic oxidation sites excluding steroid dienone is 1. The number of carbonyl (C=O) groups is 2. The largest absolute Gasteiger partial charge is 0.463 e. The topological polar surface area (TPSA) is 67.9 Å². The van der Waals surface area contributed by atoms with Gasteiger partial charge in [0, 0.05) is 17.8 Å². The first-order valence-corrected chi connectivity index (χ1v) is 8.75. The van der Waals surface area contributed by atoms with Gasteiger partial charge in [0.15, 0.2) is 0 Å². The zero-order chi connectivity index (χ0) is 20.1. The fourth-order valence-electron chi connectivity index (χ4n) is 3.00. The molecule has 8 heteroatoms. The van der Waals surface area contributed by atoms with Gasteiger partial charge in [-0.05, 0) is 25.8 Å². The number of hydrogen-bond acceptors (Lipinski definition) is 4. The van der Waals surface area contributed by atoms with Gasteiger partial charge in [-0.15, -0.1) is 0 Å². The van der Waals surface area contributed by atoms with Crippen LogP contribution in [0.15, 0.2) is 35.5 Å². The first kappa shape index (κ1) is 20.7. The summed E-state index contributed by atoms with van der Waals surface area (Å²) in [5.74, 6) is -0.550. The molecule has 148 valence electrons. The van der Waals surface area contributed by atoms with Crippen molar-refractivity contribution >= 4 is 12.0 Å². The number of esters is 1. The van der Waals surface area contributed by atoms with Gasteiger partial charge in [0.25, 0.3) is 0 Å². The number of nitrogens with zero attached hydrogens (tertiary/aromatic N) is 1. The molecule has 0 radical (unpaired) electrons. The molecule has 0 fully saturated rings. The molecule has 1 atom stereocenters. The van der Waals surface area contributed by atoms with Gasteiger partial charge >= 0.3 is 18.6 Å². The molecule has 2 amide bonds. The Bertz CT molecular complexity index is 734. The van der Waals surface area contributed by atoms with Crippen LogP contribution in [0.4, 0.5) is 13.6 Å². The third kappa shape index (κ3) is 4.75. The van der Waals surface area contributed by atoms with Gasteiger partial charge in [-0.25, -0.2) is 9.59 Å². The summed E-state index contributed by atoms with van der Waals surface area (Å²) in [5.41, 5.74) is 0.892. The van der Waals surface area contributed by atoms with E-state index in [4.69, 9.17) is 4.74 Å². The van der Waals surface area contributed by atoms with Crippen molar-refractivity contribution in [1.82, 2.24) is 10.2 Å². The lowest BCUT2D eigenvalue weighted by atomic mass is 9.94. The molecule has 1 aliphatic heterocycles. The van der Waals surface area contributed by atoms with Gasteiger partial charge in [0.1, 0.15) is 5.75 Å². The predicted octanol–water partition coefficient (Wildman–Crippen LogP) is 3.85. The van der Waals surface area contributed by atoms with Crippen molar-refractivity contribution in [2.45, 2.75) is 40.3 Å². The number of halogens is 2. The van der Waals surface area contributed by atoms with E-state index in [-0.39, 0.29) is 29.4 Å². The highest BCUT2D eigenvalue weighted by atomic mass is 19.3. The van der Waals surface area contributed by atoms with E-state index in [1.807, 2.05) is 13.8 Å². The fraction of sp³-hybridized carbons (Fsp3) is 0.474. The van der Waals surface area contributed by atoms with E-state index < -0.39 is 24.7 Å². The Labute approximate surface area is 157 Å². The van der Waals surface area contributed by atoms with Crippen molar-refractivity contribution in [2.75, 3.05) is 13.2 Å². The maximum absolute atomic E-state index is 12.8. The molecule has 0 saturated heterocycles. The molecular formula is C19H24F2N2O4. The quantitative estimate of drug-likeness (QED) is 0.728. The number of para-hydroxylation sites is 1. The number of ether oxygens (including phenoxy) is 2. The summed E-state index contributed by atoms with van der Waals surface area (Å²) in [6, 6.07) is 4.70. The molecule has 0 saturated carbocycles. The van der Waals surface area contributed by atoms with Crippen LogP contribution in [0.5, 0.6) is 5.75 Å². The Morgan fingerprint density at radius 2 is 1.96 bits per heavy atom. The molecule has 27 heavy (non-hydrogen) atoms. The summed E-state index contributed by atoms with van der Waals surface area (Å²) in [6.45, 7) is 4.74. The van der Waals surface area contributed by atoms with Crippen LogP contribution in [0.2, 0.25) is 0 Å². The molecule has 0 unspecified atom stereocenters. The van der Waals surface area contributed by atoms with E-state index in [9.17, 15) is 18.4 Å². The number of hydrogen-bond donors (Lipinski definition) is 1. The van der Waals surface area contributed by atoms with Gasteiger partial charge in [0.05, 0.1) is 18.2 Å². The van der Waals surface area contributed by atoms with E-state index >= 15 is 0 Å². The predicted molar refractivity (Wildman–Crippen MR) is 95.2 cm³/mol. The Morgan fingerprint density at radius 1 is 1.30 bits per heavy atom. The molecule has 1 aromatic carbocycles. The first-order chi connectivity index (χ1) is 12.8.